The largest absolute Gasteiger partial charge is 0.329 e. The Morgan fingerprint density at radius 3 is 2.80 bits per heavy atom. The Kier molecular flexibility index (Phi) is 5.86. The molecule has 0 radical (unpaired) electrons. The number of rotatable bonds is 4. The molecule has 1 amide bonds. The summed E-state index contributed by atoms with van der Waals surface area (Å²) in [5.41, 5.74) is 2.66. The van der Waals surface area contributed by atoms with Gasteiger partial charge in [0.05, 0.1) is 6.04 Å². The van der Waals surface area contributed by atoms with Crippen LogP contribution in [0.5, 0.6) is 0 Å². The van der Waals surface area contributed by atoms with Crippen molar-refractivity contribution in [3.8, 4) is 5.69 Å². The Balaban J connectivity index is 1.76. The number of hydrogen-bond donors (Lipinski definition) is 0. The van der Waals surface area contributed by atoms with Crippen LogP contribution in [-0.2, 0) is 0 Å². The molecule has 1 aliphatic rings. The summed E-state index contributed by atoms with van der Waals surface area (Å²) in [5, 5.41) is 2.89. The fourth-order valence-electron chi connectivity index (χ4n) is 4.10. The predicted molar refractivity (Wildman–Crippen MR) is 121 cm³/mol. The van der Waals surface area contributed by atoms with Gasteiger partial charge >= 0.3 is 0 Å². The lowest BCUT2D eigenvalue weighted by atomic mass is 10.00. The van der Waals surface area contributed by atoms with Crippen LogP contribution in [0.3, 0.4) is 0 Å². The number of hydrogen-bond acceptors (Lipinski definition) is 4. The van der Waals surface area contributed by atoms with Crippen LogP contribution in [0.4, 0.5) is 0 Å². The number of piperidine rings is 1. The summed E-state index contributed by atoms with van der Waals surface area (Å²) in [4.78, 5) is 33.3. The zero-order chi connectivity index (χ0) is 21.3. The summed E-state index contributed by atoms with van der Waals surface area (Å²) in [6.07, 6.45) is 6.44. The molecule has 0 saturated carbocycles. The van der Waals surface area contributed by atoms with Crippen molar-refractivity contribution in [2.24, 2.45) is 0 Å². The van der Waals surface area contributed by atoms with Gasteiger partial charge in [0.1, 0.15) is 10.6 Å². The summed E-state index contributed by atoms with van der Waals surface area (Å²) >= 11 is 1.57. The fourth-order valence-corrected chi connectivity index (χ4v) is 4.88. The lowest BCUT2D eigenvalue weighted by Crippen LogP contribution is -2.42. The van der Waals surface area contributed by atoms with E-state index < -0.39 is 0 Å². The van der Waals surface area contributed by atoms with Gasteiger partial charge in [0.25, 0.3) is 11.5 Å². The van der Waals surface area contributed by atoms with Crippen molar-refractivity contribution in [1.82, 2.24) is 14.5 Å². The Morgan fingerprint density at radius 2 is 2.07 bits per heavy atom. The van der Waals surface area contributed by atoms with Crippen LogP contribution in [0.15, 0.2) is 52.9 Å². The molecular formula is C24H27N3O2S. The minimum Gasteiger partial charge on any atom is -0.329 e. The molecule has 30 heavy (non-hydrogen) atoms. The van der Waals surface area contributed by atoms with Crippen molar-refractivity contribution in [2.75, 3.05) is 6.54 Å². The second-order valence-corrected chi connectivity index (χ2v) is 9.11. The smallest absolute Gasteiger partial charge is 0.268 e. The van der Waals surface area contributed by atoms with Gasteiger partial charge in [0, 0.05) is 30.0 Å². The quantitative estimate of drug-likeness (QED) is 0.589. The third-order valence-corrected chi connectivity index (χ3v) is 6.71. The first-order valence-electron chi connectivity index (χ1n) is 10.5. The third kappa shape index (κ3) is 3.84. The summed E-state index contributed by atoms with van der Waals surface area (Å²) < 4.78 is 1.59. The number of benzene rings is 1. The van der Waals surface area contributed by atoms with Crippen LogP contribution in [0.2, 0.25) is 0 Å². The molecule has 0 aliphatic carbocycles. The maximum atomic E-state index is 13.6. The number of aryl methyl sites for hydroxylation is 1. The Morgan fingerprint density at radius 1 is 1.23 bits per heavy atom. The molecular weight excluding hydrogens is 394 g/mol. The molecule has 0 spiro atoms. The monoisotopic (exact) mass is 421 g/mol. The number of carbonyl (C=O) groups is 1. The van der Waals surface area contributed by atoms with E-state index in [1.165, 1.54) is 0 Å². The molecule has 1 atom stereocenters. The van der Waals surface area contributed by atoms with Crippen LogP contribution in [0.25, 0.3) is 5.69 Å². The van der Waals surface area contributed by atoms with Gasteiger partial charge in [0.2, 0.25) is 0 Å². The Hall–Kier alpha value is -2.73. The molecule has 1 fully saturated rings. The van der Waals surface area contributed by atoms with Crippen molar-refractivity contribution >= 4 is 17.2 Å². The van der Waals surface area contributed by atoms with Crippen molar-refractivity contribution in [3.63, 3.8) is 0 Å². The number of carbonyl (C=O) groups excluding carboxylic acids is 1. The number of pyridine rings is 1. The van der Waals surface area contributed by atoms with Gasteiger partial charge in [0.15, 0.2) is 0 Å². The van der Waals surface area contributed by atoms with Crippen molar-refractivity contribution < 1.29 is 4.79 Å². The molecule has 1 aromatic carbocycles. The topological polar surface area (TPSA) is 55.2 Å². The second-order valence-electron chi connectivity index (χ2n) is 8.18. The number of thiazole rings is 1. The zero-order valence-electron chi connectivity index (χ0n) is 17.7. The maximum Gasteiger partial charge on any atom is 0.268 e. The highest BCUT2D eigenvalue weighted by Gasteiger charge is 2.32. The van der Waals surface area contributed by atoms with E-state index in [1.54, 1.807) is 28.3 Å². The molecule has 1 saturated heterocycles. The van der Waals surface area contributed by atoms with E-state index in [4.69, 9.17) is 0 Å². The van der Waals surface area contributed by atoms with Crippen molar-refractivity contribution in [3.05, 3.63) is 80.2 Å². The average molecular weight is 422 g/mol. The summed E-state index contributed by atoms with van der Waals surface area (Å²) in [7, 11) is 0. The molecule has 4 rings (SSSR count). The zero-order valence-corrected chi connectivity index (χ0v) is 18.5. The average Bonchev–Trinajstić information content (AvgIpc) is 3.28. The Bertz CT molecular complexity index is 1100. The molecule has 156 valence electrons. The minimum absolute atomic E-state index is 0.0528. The first-order valence-corrected chi connectivity index (χ1v) is 11.4. The van der Waals surface area contributed by atoms with Gasteiger partial charge in [-0.3, -0.25) is 14.2 Å². The highest BCUT2D eigenvalue weighted by molar-refractivity contribution is 7.09. The van der Waals surface area contributed by atoms with Gasteiger partial charge in [-0.05, 0) is 61.4 Å². The van der Waals surface area contributed by atoms with Gasteiger partial charge in [-0.15, -0.1) is 11.3 Å². The third-order valence-electron chi connectivity index (χ3n) is 5.83. The second kappa shape index (κ2) is 8.56. The van der Waals surface area contributed by atoms with E-state index in [2.05, 4.69) is 24.9 Å². The molecule has 1 unspecified atom stereocenters. The van der Waals surface area contributed by atoms with E-state index >= 15 is 0 Å². The van der Waals surface area contributed by atoms with E-state index in [0.29, 0.717) is 18.0 Å². The predicted octanol–water partition coefficient (Wildman–Crippen LogP) is 5.09. The van der Waals surface area contributed by atoms with Gasteiger partial charge in [-0.1, -0.05) is 26.0 Å². The van der Waals surface area contributed by atoms with Crippen LogP contribution in [0, 0.1) is 6.92 Å². The standard InChI is InChI=1S/C24H27N3O2S/c1-16(2)18-7-6-8-19(15-18)26-13-10-17(3)21(23(26)28)24(29)27-12-5-4-9-20(27)22-25-11-14-30-22/h6-8,10-11,13-16,20H,4-5,9,12H2,1-3H3. The minimum atomic E-state index is -0.260. The van der Waals surface area contributed by atoms with E-state index in [1.807, 2.05) is 41.5 Å². The van der Waals surface area contributed by atoms with Crippen molar-refractivity contribution in [1.29, 1.82) is 0 Å². The SMILES string of the molecule is Cc1ccn(-c2cccc(C(C)C)c2)c(=O)c1C(=O)N1CCCCC1c1nccs1. The highest BCUT2D eigenvalue weighted by atomic mass is 32.1. The van der Waals surface area contributed by atoms with E-state index in [0.717, 1.165) is 35.5 Å². The van der Waals surface area contributed by atoms with Gasteiger partial charge < -0.3 is 4.90 Å². The fraction of sp³-hybridized carbons (Fsp3) is 0.375. The highest BCUT2D eigenvalue weighted by Crippen LogP contribution is 2.33. The molecule has 3 heterocycles. The number of aromatic nitrogens is 2. The molecule has 3 aromatic rings. The molecule has 6 heteroatoms. The first kappa shape index (κ1) is 20.5. The summed E-state index contributed by atoms with van der Waals surface area (Å²) in [6, 6.07) is 9.76. The lowest BCUT2D eigenvalue weighted by molar-refractivity contribution is 0.0608. The molecule has 1 aliphatic heterocycles. The lowest BCUT2D eigenvalue weighted by Gasteiger charge is -2.34. The number of amides is 1. The van der Waals surface area contributed by atoms with Gasteiger partial charge in [-0.25, -0.2) is 4.98 Å². The van der Waals surface area contributed by atoms with Crippen LogP contribution in [0.1, 0.15) is 71.6 Å². The van der Waals surface area contributed by atoms with Crippen LogP contribution in [-0.4, -0.2) is 26.9 Å². The summed E-state index contributed by atoms with van der Waals surface area (Å²) in [5.74, 6) is 0.173. The van der Waals surface area contributed by atoms with Gasteiger partial charge in [-0.2, -0.15) is 0 Å². The molecule has 5 nitrogen and oxygen atoms in total. The van der Waals surface area contributed by atoms with Crippen molar-refractivity contribution in [2.45, 2.75) is 52.0 Å². The number of nitrogens with zero attached hydrogens (tertiary/aromatic N) is 3. The Labute approximate surface area is 181 Å². The van der Waals surface area contributed by atoms with E-state index in [-0.39, 0.29) is 23.1 Å². The van der Waals surface area contributed by atoms with Crippen LogP contribution >= 0.6 is 11.3 Å². The maximum absolute atomic E-state index is 13.6. The van der Waals surface area contributed by atoms with Crippen LogP contribution < -0.4 is 5.56 Å². The normalized spacial score (nSPS) is 16.8. The first-order chi connectivity index (χ1) is 14.5. The molecule has 0 N–H and O–H groups in total. The summed E-state index contributed by atoms with van der Waals surface area (Å²) in [6.45, 7) is 6.74. The molecule has 2 aromatic heterocycles. The number of likely N-dealkylation sites (tertiary alicyclic amines) is 1. The van der Waals surface area contributed by atoms with E-state index in [9.17, 15) is 9.59 Å². The molecule has 0 bridgehead atoms.